The van der Waals surface area contributed by atoms with E-state index in [1.54, 1.807) is 0 Å². The van der Waals surface area contributed by atoms with Crippen molar-refractivity contribution in [3.05, 3.63) is 24.0 Å². The zero-order valence-electron chi connectivity index (χ0n) is 7.67. The molecule has 1 aromatic heterocycles. The summed E-state index contributed by atoms with van der Waals surface area (Å²) in [6, 6.07) is 1.95. The maximum absolute atomic E-state index is 11.6. The summed E-state index contributed by atoms with van der Waals surface area (Å²) in [4.78, 5) is 14.6. The van der Waals surface area contributed by atoms with Crippen LogP contribution in [0.2, 0.25) is 0 Å². The van der Waals surface area contributed by atoms with Crippen LogP contribution < -0.4 is 0 Å². The number of hydrogen-bond donors (Lipinski definition) is 1. The van der Waals surface area contributed by atoms with E-state index in [1.165, 1.54) is 7.11 Å². The van der Waals surface area contributed by atoms with E-state index in [4.69, 9.17) is 4.74 Å². The molecule has 1 aliphatic rings. The molecule has 1 aromatic rings. The molecule has 0 bridgehead atoms. The quantitative estimate of drug-likeness (QED) is 0.701. The van der Waals surface area contributed by atoms with Crippen LogP contribution in [0.25, 0.3) is 0 Å². The molecule has 3 nitrogen and oxygen atoms in total. The van der Waals surface area contributed by atoms with E-state index in [9.17, 15) is 4.79 Å². The molecule has 0 spiro atoms. The Morgan fingerprint density at radius 2 is 2.38 bits per heavy atom. The second-order valence-corrected chi connectivity index (χ2v) is 3.53. The minimum Gasteiger partial charge on any atom is -0.468 e. The number of aromatic amines is 1. The van der Waals surface area contributed by atoms with Gasteiger partial charge in [-0.3, -0.25) is 4.79 Å². The fourth-order valence-corrected chi connectivity index (χ4v) is 1.96. The third-order valence-corrected chi connectivity index (χ3v) is 2.93. The van der Waals surface area contributed by atoms with Crippen LogP contribution in [0.3, 0.4) is 0 Å². The third kappa shape index (κ3) is 1.07. The number of carbonyl (C=O) groups is 1. The Labute approximate surface area is 77.1 Å². The Bertz CT molecular complexity index is 299. The van der Waals surface area contributed by atoms with Crippen molar-refractivity contribution in [3.8, 4) is 0 Å². The van der Waals surface area contributed by atoms with E-state index in [-0.39, 0.29) is 11.4 Å². The first kappa shape index (κ1) is 8.35. The summed E-state index contributed by atoms with van der Waals surface area (Å²) in [5, 5.41) is 0. The molecule has 1 saturated carbocycles. The summed E-state index contributed by atoms with van der Waals surface area (Å²) in [6.45, 7) is 0. The predicted octanol–water partition coefficient (Wildman–Crippen LogP) is 1.61. The molecule has 1 heterocycles. The van der Waals surface area contributed by atoms with Crippen molar-refractivity contribution >= 4 is 5.97 Å². The van der Waals surface area contributed by atoms with Crippen molar-refractivity contribution in [3.63, 3.8) is 0 Å². The first-order chi connectivity index (χ1) is 6.29. The summed E-state index contributed by atoms with van der Waals surface area (Å²) >= 11 is 0. The largest absolute Gasteiger partial charge is 0.468 e. The number of nitrogens with one attached hydrogen (secondary N) is 1. The van der Waals surface area contributed by atoms with Crippen molar-refractivity contribution in [1.82, 2.24) is 4.98 Å². The molecule has 0 amide bonds. The van der Waals surface area contributed by atoms with Gasteiger partial charge in [0.15, 0.2) is 0 Å². The second-order valence-electron chi connectivity index (χ2n) is 3.53. The lowest BCUT2D eigenvalue weighted by atomic mass is 9.65. The van der Waals surface area contributed by atoms with Gasteiger partial charge >= 0.3 is 5.97 Å². The number of carbonyl (C=O) groups excluding carboxylic acids is 1. The number of aromatic nitrogens is 1. The normalized spacial score (nSPS) is 19.2. The summed E-state index contributed by atoms with van der Waals surface area (Å²) in [7, 11) is 1.45. The lowest BCUT2D eigenvalue weighted by Gasteiger charge is -2.38. The van der Waals surface area contributed by atoms with Gasteiger partial charge < -0.3 is 9.72 Å². The number of hydrogen-bond acceptors (Lipinski definition) is 2. The molecule has 0 aromatic carbocycles. The standard InChI is InChI=1S/C10H13NO2/c1-13-9(12)10(4-2-5-10)8-3-6-11-7-8/h3,6-7,11H,2,4-5H2,1H3. The Morgan fingerprint density at radius 1 is 1.62 bits per heavy atom. The van der Waals surface area contributed by atoms with Crippen molar-refractivity contribution < 1.29 is 9.53 Å². The van der Waals surface area contributed by atoms with Gasteiger partial charge in [0, 0.05) is 12.4 Å². The molecule has 0 radical (unpaired) electrons. The van der Waals surface area contributed by atoms with Gasteiger partial charge in [-0.05, 0) is 24.5 Å². The van der Waals surface area contributed by atoms with Gasteiger partial charge in [-0.25, -0.2) is 0 Å². The Morgan fingerprint density at radius 3 is 2.77 bits per heavy atom. The van der Waals surface area contributed by atoms with Gasteiger partial charge in [0.05, 0.1) is 12.5 Å². The van der Waals surface area contributed by atoms with E-state index in [2.05, 4.69) is 4.98 Å². The highest BCUT2D eigenvalue weighted by atomic mass is 16.5. The lowest BCUT2D eigenvalue weighted by Crippen LogP contribution is -2.42. The molecular formula is C10H13NO2. The molecule has 1 fully saturated rings. The molecule has 0 unspecified atom stereocenters. The molecule has 2 rings (SSSR count). The van der Waals surface area contributed by atoms with Crippen LogP contribution in [0.1, 0.15) is 24.8 Å². The molecule has 1 N–H and O–H groups in total. The fourth-order valence-electron chi connectivity index (χ4n) is 1.96. The van der Waals surface area contributed by atoms with Crippen LogP contribution in [0.15, 0.2) is 18.5 Å². The SMILES string of the molecule is COC(=O)C1(c2cc[nH]c2)CCC1. The Balaban J connectivity index is 2.31. The summed E-state index contributed by atoms with van der Waals surface area (Å²) < 4.78 is 4.83. The summed E-state index contributed by atoms with van der Waals surface area (Å²) in [5.41, 5.74) is 0.722. The maximum atomic E-state index is 11.6. The Kier molecular flexibility index (Phi) is 1.87. The monoisotopic (exact) mass is 179 g/mol. The number of rotatable bonds is 2. The van der Waals surface area contributed by atoms with Gasteiger partial charge in [-0.1, -0.05) is 6.42 Å². The lowest BCUT2D eigenvalue weighted by molar-refractivity contribution is -0.151. The topological polar surface area (TPSA) is 42.1 Å². The van der Waals surface area contributed by atoms with Gasteiger partial charge in [0.2, 0.25) is 0 Å². The average molecular weight is 179 g/mol. The minimum atomic E-state index is -0.339. The van der Waals surface area contributed by atoms with Crippen LogP contribution in [0.4, 0.5) is 0 Å². The molecule has 1 aliphatic carbocycles. The van der Waals surface area contributed by atoms with E-state index >= 15 is 0 Å². The van der Waals surface area contributed by atoms with Gasteiger partial charge in [0.25, 0.3) is 0 Å². The highest BCUT2D eigenvalue weighted by molar-refractivity contribution is 5.84. The van der Waals surface area contributed by atoms with Crippen LogP contribution in [0, 0.1) is 0 Å². The van der Waals surface area contributed by atoms with E-state index in [1.807, 2.05) is 18.5 Å². The fraction of sp³-hybridized carbons (Fsp3) is 0.500. The average Bonchev–Trinajstić information content (AvgIpc) is 2.55. The number of H-pyrrole nitrogens is 1. The zero-order chi connectivity index (χ0) is 9.31. The number of esters is 1. The number of methoxy groups -OCH3 is 1. The molecule has 0 atom stereocenters. The van der Waals surface area contributed by atoms with Crippen LogP contribution >= 0.6 is 0 Å². The van der Waals surface area contributed by atoms with Crippen molar-refractivity contribution in [2.45, 2.75) is 24.7 Å². The van der Waals surface area contributed by atoms with Gasteiger partial charge in [-0.2, -0.15) is 0 Å². The molecule has 3 heteroatoms. The smallest absolute Gasteiger partial charge is 0.316 e. The summed E-state index contributed by atoms with van der Waals surface area (Å²) in [5.74, 6) is -0.0987. The molecule has 0 aliphatic heterocycles. The van der Waals surface area contributed by atoms with Crippen LogP contribution in [-0.2, 0) is 14.9 Å². The maximum Gasteiger partial charge on any atom is 0.316 e. The molecule has 13 heavy (non-hydrogen) atoms. The molecule has 0 saturated heterocycles. The first-order valence-electron chi connectivity index (χ1n) is 4.51. The second kappa shape index (κ2) is 2.91. The third-order valence-electron chi connectivity index (χ3n) is 2.93. The summed E-state index contributed by atoms with van der Waals surface area (Å²) in [6.07, 6.45) is 6.67. The van der Waals surface area contributed by atoms with Crippen molar-refractivity contribution in [2.24, 2.45) is 0 Å². The Hall–Kier alpha value is -1.25. The van der Waals surface area contributed by atoms with Crippen molar-refractivity contribution in [2.75, 3.05) is 7.11 Å². The van der Waals surface area contributed by atoms with E-state index in [0.29, 0.717) is 0 Å². The van der Waals surface area contributed by atoms with Gasteiger partial charge in [-0.15, -0.1) is 0 Å². The van der Waals surface area contributed by atoms with Crippen molar-refractivity contribution in [1.29, 1.82) is 0 Å². The number of ether oxygens (including phenoxy) is 1. The molecule has 70 valence electrons. The van der Waals surface area contributed by atoms with Gasteiger partial charge in [0.1, 0.15) is 0 Å². The predicted molar refractivity (Wildman–Crippen MR) is 48.3 cm³/mol. The van der Waals surface area contributed by atoms with Crippen LogP contribution in [0.5, 0.6) is 0 Å². The van der Waals surface area contributed by atoms with E-state index < -0.39 is 0 Å². The highest BCUT2D eigenvalue weighted by Gasteiger charge is 2.46. The van der Waals surface area contributed by atoms with E-state index in [0.717, 1.165) is 24.8 Å². The zero-order valence-corrected chi connectivity index (χ0v) is 7.67. The highest BCUT2D eigenvalue weighted by Crippen LogP contribution is 2.44. The van der Waals surface area contributed by atoms with Crippen LogP contribution in [-0.4, -0.2) is 18.1 Å². The molecular weight excluding hydrogens is 166 g/mol. The first-order valence-corrected chi connectivity index (χ1v) is 4.51. The minimum absolute atomic E-state index is 0.0987.